The van der Waals surface area contributed by atoms with Crippen LogP contribution >= 0.6 is 0 Å². The maximum Gasteiger partial charge on any atom is 0.142 e. The van der Waals surface area contributed by atoms with E-state index >= 15 is 0 Å². The normalized spacial score (nSPS) is 15.3. The second kappa shape index (κ2) is 7.26. The molecule has 1 aliphatic heterocycles. The molecule has 3 aromatic rings. The van der Waals surface area contributed by atoms with E-state index in [1.807, 2.05) is 24.3 Å². The molecule has 0 unspecified atom stereocenters. The molecule has 4 nitrogen and oxygen atoms in total. The van der Waals surface area contributed by atoms with Gasteiger partial charge in [-0.3, -0.25) is 4.90 Å². The minimum absolute atomic E-state index is 0.317. The summed E-state index contributed by atoms with van der Waals surface area (Å²) in [4.78, 5) is 4.89. The Morgan fingerprint density at radius 2 is 1.62 bits per heavy atom. The van der Waals surface area contributed by atoms with Crippen molar-refractivity contribution in [3.05, 3.63) is 66.2 Å². The Balaban J connectivity index is 1.41. The molecule has 1 heterocycles. The monoisotopic (exact) mass is 348 g/mol. The largest absolute Gasteiger partial charge is 0.508 e. The van der Waals surface area contributed by atoms with Gasteiger partial charge in [-0.15, -0.1) is 0 Å². The van der Waals surface area contributed by atoms with Crippen LogP contribution in [-0.4, -0.2) is 43.3 Å². The van der Waals surface area contributed by atoms with Crippen LogP contribution in [0.5, 0.6) is 11.5 Å². The molecule has 0 saturated carbocycles. The first kappa shape index (κ1) is 16.7. The fourth-order valence-electron chi connectivity index (χ4n) is 3.68. The molecule has 0 bridgehead atoms. The number of anilines is 1. The molecular weight excluding hydrogens is 324 g/mol. The van der Waals surface area contributed by atoms with Gasteiger partial charge in [-0.1, -0.05) is 30.3 Å². The summed E-state index contributed by atoms with van der Waals surface area (Å²) < 4.78 is 5.50. The van der Waals surface area contributed by atoms with Crippen molar-refractivity contribution in [2.45, 2.75) is 6.54 Å². The van der Waals surface area contributed by atoms with Gasteiger partial charge in [0.2, 0.25) is 0 Å². The van der Waals surface area contributed by atoms with Crippen molar-refractivity contribution >= 4 is 16.5 Å². The van der Waals surface area contributed by atoms with Crippen molar-refractivity contribution in [2.24, 2.45) is 0 Å². The van der Waals surface area contributed by atoms with Crippen molar-refractivity contribution < 1.29 is 9.84 Å². The Bertz CT molecular complexity index is 902. The van der Waals surface area contributed by atoms with E-state index in [4.69, 9.17) is 4.74 Å². The Labute approximate surface area is 154 Å². The van der Waals surface area contributed by atoms with Gasteiger partial charge < -0.3 is 14.7 Å². The summed E-state index contributed by atoms with van der Waals surface area (Å²) in [6.45, 7) is 5.03. The number of aromatic hydroxyl groups is 1. The molecule has 0 radical (unpaired) electrons. The molecule has 0 amide bonds. The zero-order chi connectivity index (χ0) is 17.9. The highest BCUT2D eigenvalue weighted by molar-refractivity contribution is 5.84. The minimum atomic E-state index is 0.317. The smallest absolute Gasteiger partial charge is 0.142 e. The van der Waals surface area contributed by atoms with Gasteiger partial charge in [-0.25, -0.2) is 0 Å². The fourth-order valence-corrected chi connectivity index (χ4v) is 3.68. The number of phenolic OH excluding ortho intramolecular Hbond substituents is 1. The Hall–Kier alpha value is -2.72. The molecule has 1 aliphatic rings. The van der Waals surface area contributed by atoms with Crippen LogP contribution in [-0.2, 0) is 6.54 Å². The van der Waals surface area contributed by atoms with Gasteiger partial charge in [-0.2, -0.15) is 0 Å². The van der Waals surface area contributed by atoms with Gasteiger partial charge in [0.25, 0.3) is 0 Å². The van der Waals surface area contributed by atoms with Gasteiger partial charge >= 0.3 is 0 Å². The summed E-state index contributed by atoms with van der Waals surface area (Å²) in [5, 5.41) is 11.8. The first-order valence-corrected chi connectivity index (χ1v) is 9.05. The highest BCUT2D eigenvalue weighted by Crippen LogP contribution is 2.28. The van der Waals surface area contributed by atoms with E-state index in [2.05, 4.69) is 40.1 Å². The predicted octanol–water partition coefficient (Wildman–Crippen LogP) is 3.88. The number of methoxy groups -OCH3 is 1. The second-order valence-corrected chi connectivity index (χ2v) is 6.80. The summed E-state index contributed by atoms with van der Waals surface area (Å²) in [5.74, 6) is 1.26. The molecule has 0 atom stereocenters. The number of benzene rings is 3. The molecule has 3 aromatic carbocycles. The predicted molar refractivity (Wildman–Crippen MR) is 106 cm³/mol. The first-order chi connectivity index (χ1) is 12.7. The number of piperazine rings is 1. The third-order valence-corrected chi connectivity index (χ3v) is 5.09. The minimum Gasteiger partial charge on any atom is -0.508 e. The van der Waals surface area contributed by atoms with Crippen LogP contribution in [0.2, 0.25) is 0 Å². The third-order valence-electron chi connectivity index (χ3n) is 5.09. The topological polar surface area (TPSA) is 35.9 Å². The maximum atomic E-state index is 9.59. The van der Waals surface area contributed by atoms with Crippen LogP contribution in [0.25, 0.3) is 10.8 Å². The summed E-state index contributed by atoms with van der Waals surface area (Å²) in [5.41, 5.74) is 2.49. The van der Waals surface area contributed by atoms with E-state index in [-0.39, 0.29) is 0 Å². The number of nitrogens with zero attached hydrogens (tertiary/aromatic N) is 2. The van der Waals surface area contributed by atoms with Crippen molar-refractivity contribution in [1.29, 1.82) is 0 Å². The zero-order valence-electron chi connectivity index (χ0n) is 15.1. The molecule has 0 spiro atoms. The van der Waals surface area contributed by atoms with Crippen LogP contribution in [0, 0.1) is 0 Å². The Morgan fingerprint density at radius 1 is 0.885 bits per heavy atom. The Morgan fingerprint density at radius 3 is 2.42 bits per heavy atom. The summed E-state index contributed by atoms with van der Waals surface area (Å²) in [6.07, 6.45) is 0. The van der Waals surface area contributed by atoms with Gasteiger partial charge in [0, 0.05) is 32.7 Å². The molecular formula is C22H24N2O2. The lowest BCUT2D eigenvalue weighted by Crippen LogP contribution is -2.46. The number of para-hydroxylation sites is 2. The van der Waals surface area contributed by atoms with Crippen LogP contribution in [0.1, 0.15) is 5.56 Å². The standard InChI is InChI=1S/C22H24N2O2/c1-26-22-5-3-2-4-21(22)24-12-10-23(11-13-24)16-17-6-7-19-15-20(25)9-8-18(19)14-17/h2-9,14-15,25H,10-13,16H2,1H3. The quantitative estimate of drug-likeness (QED) is 0.776. The number of ether oxygens (including phenoxy) is 1. The number of phenols is 1. The van der Waals surface area contributed by atoms with Crippen LogP contribution in [0.15, 0.2) is 60.7 Å². The van der Waals surface area contributed by atoms with Crippen molar-refractivity contribution in [2.75, 3.05) is 38.2 Å². The molecule has 0 aliphatic carbocycles. The van der Waals surface area contributed by atoms with Crippen molar-refractivity contribution in [3.63, 3.8) is 0 Å². The fraction of sp³-hybridized carbons (Fsp3) is 0.273. The summed E-state index contributed by atoms with van der Waals surface area (Å²) in [7, 11) is 1.73. The molecule has 1 saturated heterocycles. The van der Waals surface area contributed by atoms with Gasteiger partial charge in [0.15, 0.2) is 0 Å². The molecule has 4 heteroatoms. The number of hydrogen-bond acceptors (Lipinski definition) is 4. The molecule has 0 aromatic heterocycles. The van der Waals surface area contributed by atoms with Crippen molar-refractivity contribution in [3.8, 4) is 11.5 Å². The number of hydrogen-bond donors (Lipinski definition) is 1. The third kappa shape index (κ3) is 3.46. The van der Waals surface area contributed by atoms with Crippen LogP contribution in [0.3, 0.4) is 0 Å². The van der Waals surface area contributed by atoms with E-state index in [9.17, 15) is 5.11 Å². The van der Waals surface area contributed by atoms with Gasteiger partial charge in [0.1, 0.15) is 11.5 Å². The Kier molecular flexibility index (Phi) is 4.67. The second-order valence-electron chi connectivity index (χ2n) is 6.80. The molecule has 134 valence electrons. The molecule has 1 N–H and O–H groups in total. The molecule has 1 fully saturated rings. The highest BCUT2D eigenvalue weighted by atomic mass is 16.5. The number of rotatable bonds is 4. The first-order valence-electron chi connectivity index (χ1n) is 9.05. The highest BCUT2D eigenvalue weighted by Gasteiger charge is 2.19. The summed E-state index contributed by atoms with van der Waals surface area (Å²) in [6, 6.07) is 20.2. The molecule has 26 heavy (non-hydrogen) atoms. The van der Waals surface area contributed by atoms with E-state index in [1.165, 1.54) is 16.6 Å². The van der Waals surface area contributed by atoms with E-state index < -0.39 is 0 Å². The average Bonchev–Trinajstić information content (AvgIpc) is 2.69. The lowest BCUT2D eigenvalue weighted by atomic mass is 10.1. The number of fused-ring (bicyclic) bond motifs is 1. The zero-order valence-corrected chi connectivity index (χ0v) is 15.1. The van der Waals surface area contributed by atoms with E-state index in [0.717, 1.165) is 43.9 Å². The van der Waals surface area contributed by atoms with Crippen LogP contribution in [0.4, 0.5) is 5.69 Å². The van der Waals surface area contributed by atoms with E-state index in [0.29, 0.717) is 5.75 Å². The maximum absolute atomic E-state index is 9.59. The van der Waals surface area contributed by atoms with Crippen LogP contribution < -0.4 is 9.64 Å². The lowest BCUT2D eigenvalue weighted by Gasteiger charge is -2.36. The lowest BCUT2D eigenvalue weighted by molar-refractivity contribution is 0.249. The van der Waals surface area contributed by atoms with Crippen molar-refractivity contribution in [1.82, 2.24) is 4.90 Å². The SMILES string of the molecule is COc1ccccc1N1CCN(Cc2ccc3cc(O)ccc3c2)CC1. The van der Waals surface area contributed by atoms with Gasteiger partial charge in [0.05, 0.1) is 12.8 Å². The molecule has 4 rings (SSSR count). The summed E-state index contributed by atoms with van der Waals surface area (Å²) >= 11 is 0. The van der Waals surface area contributed by atoms with Gasteiger partial charge in [-0.05, 0) is 46.7 Å². The average molecular weight is 348 g/mol. The van der Waals surface area contributed by atoms with E-state index in [1.54, 1.807) is 13.2 Å².